The molecule has 0 heterocycles. The molecular formula is C12H17N. The zero-order chi connectivity index (χ0) is 9.52. The van der Waals surface area contributed by atoms with Gasteiger partial charge in [0.2, 0.25) is 0 Å². The van der Waals surface area contributed by atoms with Crippen LogP contribution in [0.2, 0.25) is 0 Å². The van der Waals surface area contributed by atoms with E-state index in [4.69, 9.17) is 0 Å². The summed E-state index contributed by atoms with van der Waals surface area (Å²) in [5, 5.41) is 3.40. The van der Waals surface area contributed by atoms with Gasteiger partial charge in [-0.1, -0.05) is 43.3 Å². The van der Waals surface area contributed by atoms with Crippen LogP contribution in [0.15, 0.2) is 42.1 Å². The van der Waals surface area contributed by atoms with Crippen molar-refractivity contribution in [2.75, 3.05) is 0 Å². The van der Waals surface area contributed by atoms with Crippen LogP contribution in [0.3, 0.4) is 0 Å². The third-order valence-electron chi connectivity index (χ3n) is 2.09. The molecule has 0 saturated carbocycles. The summed E-state index contributed by atoms with van der Waals surface area (Å²) < 4.78 is 0. The molecule has 0 aliphatic heterocycles. The van der Waals surface area contributed by atoms with Gasteiger partial charge in [0.15, 0.2) is 0 Å². The molecule has 1 aromatic rings. The maximum absolute atomic E-state index is 3.40. The van der Waals surface area contributed by atoms with Gasteiger partial charge in [-0.25, -0.2) is 0 Å². The highest BCUT2D eigenvalue weighted by Crippen LogP contribution is 2.01. The number of nitrogens with one attached hydrogen (secondary N) is 1. The van der Waals surface area contributed by atoms with Crippen LogP contribution in [-0.2, 0) is 6.54 Å². The molecule has 0 radical (unpaired) electrons. The summed E-state index contributed by atoms with van der Waals surface area (Å²) in [4.78, 5) is 0. The van der Waals surface area contributed by atoms with E-state index in [1.165, 1.54) is 11.3 Å². The highest BCUT2D eigenvalue weighted by Gasteiger charge is 1.92. The van der Waals surface area contributed by atoms with E-state index in [9.17, 15) is 0 Å². The highest BCUT2D eigenvalue weighted by atomic mass is 14.9. The molecule has 0 amide bonds. The summed E-state index contributed by atoms with van der Waals surface area (Å²) in [7, 11) is 0. The van der Waals surface area contributed by atoms with Crippen molar-refractivity contribution in [1.82, 2.24) is 5.32 Å². The summed E-state index contributed by atoms with van der Waals surface area (Å²) in [6, 6.07) is 10.4. The van der Waals surface area contributed by atoms with Gasteiger partial charge in [0.1, 0.15) is 0 Å². The van der Waals surface area contributed by atoms with E-state index in [0.717, 1.165) is 13.0 Å². The summed E-state index contributed by atoms with van der Waals surface area (Å²) in [5.41, 5.74) is 2.64. The van der Waals surface area contributed by atoms with Gasteiger partial charge in [0, 0.05) is 12.2 Å². The van der Waals surface area contributed by atoms with Gasteiger partial charge < -0.3 is 5.32 Å². The van der Waals surface area contributed by atoms with Crippen LogP contribution in [0, 0.1) is 0 Å². The zero-order valence-corrected chi connectivity index (χ0v) is 8.38. The minimum Gasteiger partial charge on any atom is -0.385 e. The van der Waals surface area contributed by atoms with Gasteiger partial charge in [-0.3, -0.25) is 0 Å². The maximum atomic E-state index is 3.40. The fourth-order valence-electron chi connectivity index (χ4n) is 1.24. The lowest BCUT2D eigenvalue weighted by Gasteiger charge is -2.07. The predicted molar refractivity (Wildman–Crippen MR) is 57.3 cm³/mol. The molecule has 13 heavy (non-hydrogen) atoms. The Hall–Kier alpha value is -1.24. The molecular weight excluding hydrogens is 158 g/mol. The van der Waals surface area contributed by atoms with Crippen molar-refractivity contribution in [2.24, 2.45) is 0 Å². The molecule has 0 spiro atoms. The molecule has 0 bridgehead atoms. The van der Waals surface area contributed by atoms with E-state index in [0.29, 0.717) is 0 Å². The Bertz CT molecular complexity index is 262. The van der Waals surface area contributed by atoms with Gasteiger partial charge in [-0.15, -0.1) is 0 Å². The van der Waals surface area contributed by atoms with E-state index in [-0.39, 0.29) is 0 Å². The Kier molecular flexibility index (Phi) is 4.10. The molecule has 0 aliphatic carbocycles. The Morgan fingerprint density at radius 2 is 2.00 bits per heavy atom. The lowest BCUT2D eigenvalue weighted by molar-refractivity contribution is 0.770. The SMILES string of the molecule is C/C=C(/CC)NCc1ccccc1. The van der Waals surface area contributed by atoms with E-state index in [1.807, 2.05) is 6.07 Å². The maximum Gasteiger partial charge on any atom is 0.0397 e. The normalized spacial score (nSPS) is 11.4. The summed E-state index contributed by atoms with van der Waals surface area (Å²) >= 11 is 0. The number of benzene rings is 1. The fraction of sp³-hybridized carbons (Fsp3) is 0.333. The highest BCUT2D eigenvalue weighted by molar-refractivity contribution is 5.15. The molecule has 1 aromatic carbocycles. The molecule has 0 fully saturated rings. The largest absolute Gasteiger partial charge is 0.385 e. The van der Waals surface area contributed by atoms with Crippen molar-refractivity contribution in [3.8, 4) is 0 Å². The first-order valence-corrected chi connectivity index (χ1v) is 4.79. The second kappa shape index (κ2) is 5.41. The van der Waals surface area contributed by atoms with E-state index >= 15 is 0 Å². The van der Waals surface area contributed by atoms with Gasteiger partial charge in [0.25, 0.3) is 0 Å². The molecule has 0 aliphatic rings. The van der Waals surface area contributed by atoms with Crippen LogP contribution in [0.1, 0.15) is 25.8 Å². The zero-order valence-electron chi connectivity index (χ0n) is 8.38. The Morgan fingerprint density at radius 1 is 1.31 bits per heavy atom. The first kappa shape index (κ1) is 9.85. The summed E-state index contributed by atoms with van der Waals surface area (Å²) in [5.74, 6) is 0. The second-order valence-corrected chi connectivity index (χ2v) is 3.01. The number of hydrogen-bond acceptors (Lipinski definition) is 1. The first-order valence-electron chi connectivity index (χ1n) is 4.79. The molecule has 1 N–H and O–H groups in total. The predicted octanol–water partition coefficient (Wildman–Crippen LogP) is 3.09. The molecule has 1 nitrogen and oxygen atoms in total. The lowest BCUT2D eigenvalue weighted by atomic mass is 10.2. The minimum absolute atomic E-state index is 0.925. The van der Waals surface area contributed by atoms with Gasteiger partial charge in [0.05, 0.1) is 0 Å². The average Bonchev–Trinajstić information content (AvgIpc) is 2.21. The standard InChI is InChI=1S/C12H17N/c1-3-12(4-2)13-10-11-8-6-5-7-9-11/h3,5-9,13H,4,10H2,1-2H3/b12-3-. The molecule has 0 atom stereocenters. The Labute approximate surface area is 80.5 Å². The lowest BCUT2D eigenvalue weighted by Crippen LogP contribution is -2.11. The quantitative estimate of drug-likeness (QED) is 0.741. The topological polar surface area (TPSA) is 12.0 Å². The molecule has 0 saturated heterocycles. The number of rotatable bonds is 4. The van der Waals surface area contributed by atoms with Crippen molar-refractivity contribution in [2.45, 2.75) is 26.8 Å². The third kappa shape index (κ3) is 3.32. The van der Waals surface area contributed by atoms with Crippen LogP contribution in [0.5, 0.6) is 0 Å². The minimum atomic E-state index is 0.925. The molecule has 1 rings (SSSR count). The van der Waals surface area contributed by atoms with E-state index < -0.39 is 0 Å². The van der Waals surface area contributed by atoms with Crippen LogP contribution in [0.4, 0.5) is 0 Å². The average molecular weight is 175 g/mol. The smallest absolute Gasteiger partial charge is 0.0397 e. The summed E-state index contributed by atoms with van der Waals surface area (Å²) in [6.07, 6.45) is 3.20. The first-order chi connectivity index (χ1) is 6.36. The Balaban J connectivity index is 2.43. The molecule has 0 unspecified atom stereocenters. The second-order valence-electron chi connectivity index (χ2n) is 3.01. The monoisotopic (exact) mass is 175 g/mol. The van der Waals surface area contributed by atoms with Gasteiger partial charge >= 0.3 is 0 Å². The van der Waals surface area contributed by atoms with Crippen LogP contribution in [-0.4, -0.2) is 0 Å². The summed E-state index contributed by atoms with van der Waals surface area (Å²) in [6.45, 7) is 5.15. The van der Waals surface area contributed by atoms with Crippen molar-refractivity contribution in [3.63, 3.8) is 0 Å². The molecule has 0 aromatic heterocycles. The van der Waals surface area contributed by atoms with E-state index in [2.05, 4.69) is 49.5 Å². The van der Waals surface area contributed by atoms with Crippen LogP contribution in [0.25, 0.3) is 0 Å². The van der Waals surface area contributed by atoms with Crippen molar-refractivity contribution < 1.29 is 0 Å². The number of allylic oxidation sites excluding steroid dienone is 2. The Morgan fingerprint density at radius 3 is 2.54 bits per heavy atom. The van der Waals surface area contributed by atoms with Crippen molar-refractivity contribution in [3.05, 3.63) is 47.7 Å². The van der Waals surface area contributed by atoms with E-state index in [1.54, 1.807) is 0 Å². The van der Waals surface area contributed by atoms with Crippen LogP contribution < -0.4 is 5.32 Å². The van der Waals surface area contributed by atoms with Gasteiger partial charge in [-0.2, -0.15) is 0 Å². The molecule has 1 heteroatoms. The third-order valence-corrected chi connectivity index (χ3v) is 2.09. The van der Waals surface area contributed by atoms with Crippen molar-refractivity contribution in [1.29, 1.82) is 0 Å². The van der Waals surface area contributed by atoms with Crippen LogP contribution >= 0.6 is 0 Å². The fourth-order valence-corrected chi connectivity index (χ4v) is 1.24. The van der Waals surface area contributed by atoms with Gasteiger partial charge in [-0.05, 0) is 18.9 Å². The number of hydrogen-bond donors (Lipinski definition) is 1. The van der Waals surface area contributed by atoms with Crippen molar-refractivity contribution >= 4 is 0 Å². The molecule has 70 valence electrons.